The van der Waals surface area contributed by atoms with Crippen LogP contribution in [0.25, 0.3) is 0 Å². The molecule has 0 aliphatic carbocycles. The Kier molecular flexibility index (Phi) is 9.87. The fraction of sp³-hybridized carbons (Fsp3) is 0.348. The molecule has 0 saturated carbocycles. The van der Waals surface area contributed by atoms with E-state index >= 15 is 0 Å². The minimum absolute atomic E-state index is 0.0294. The standard InChI is InChI=1S/C23H30N4O4/c1-17(2)13-15-31-20-10-8-19(9-11-20)22(29)27-26-21(28)12-14-24-23(30)25-16-18-6-4-3-5-7-18/h3-11,17H,12-16H2,1-2H3,(H,26,28)(H,27,29)(H2,24,25,30). The summed E-state index contributed by atoms with van der Waals surface area (Å²) in [5.74, 6) is 0.409. The third kappa shape index (κ3) is 9.66. The molecule has 0 bridgehead atoms. The Morgan fingerprint density at radius 1 is 0.903 bits per heavy atom. The van der Waals surface area contributed by atoms with Crippen LogP contribution >= 0.6 is 0 Å². The Morgan fingerprint density at radius 2 is 1.61 bits per heavy atom. The molecule has 0 unspecified atom stereocenters. The van der Waals surface area contributed by atoms with Crippen molar-refractivity contribution >= 4 is 17.8 Å². The highest BCUT2D eigenvalue weighted by atomic mass is 16.5. The Morgan fingerprint density at radius 3 is 2.29 bits per heavy atom. The molecular weight excluding hydrogens is 396 g/mol. The molecule has 0 atom stereocenters. The van der Waals surface area contributed by atoms with Crippen molar-refractivity contribution in [3.8, 4) is 5.75 Å². The van der Waals surface area contributed by atoms with Crippen LogP contribution in [0.15, 0.2) is 54.6 Å². The SMILES string of the molecule is CC(C)CCOc1ccc(C(=O)NNC(=O)CCNC(=O)NCc2ccccc2)cc1. The summed E-state index contributed by atoms with van der Waals surface area (Å²) in [5, 5.41) is 5.30. The summed E-state index contributed by atoms with van der Waals surface area (Å²) >= 11 is 0. The smallest absolute Gasteiger partial charge is 0.315 e. The molecule has 4 N–H and O–H groups in total. The molecule has 0 aliphatic heterocycles. The van der Waals surface area contributed by atoms with E-state index in [1.54, 1.807) is 24.3 Å². The van der Waals surface area contributed by atoms with Crippen molar-refractivity contribution < 1.29 is 19.1 Å². The van der Waals surface area contributed by atoms with Crippen molar-refractivity contribution in [2.45, 2.75) is 33.2 Å². The van der Waals surface area contributed by atoms with Crippen LogP contribution in [0.1, 0.15) is 42.6 Å². The second-order valence-corrected chi connectivity index (χ2v) is 7.40. The average Bonchev–Trinajstić information content (AvgIpc) is 2.77. The summed E-state index contributed by atoms with van der Waals surface area (Å²) in [4.78, 5) is 35.7. The summed E-state index contributed by atoms with van der Waals surface area (Å²) in [6, 6.07) is 15.8. The van der Waals surface area contributed by atoms with Crippen molar-refractivity contribution in [1.82, 2.24) is 21.5 Å². The van der Waals surface area contributed by atoms with Gasteiger partial charge in [-0.3, -0.25) is 20.4 Å². The molecule has 4 amide bonds. The summed E-state index contributed by atoms with van der Waals surface area (Å²) in [5.41, 5.74) is 6.06. The van der Waals surface area contributed by atoms with E-state index in [4.69, 9.17) is 4.74 Å². The van der Waals surface area contributed by atoms with E-state index in [0.29, 0.717) is 30.4 Å². The molecule has 0 fully saturated rings. The number of hydrazine groups is 1. The lowest BCUT2D eigenvalue weighted by Crippen LogP contribution is -2.43. The average molecular weight is 427 g/mol. The first kappa shape index (κ1) is 23.7. The van der Waals surface area contributed by atoms with Gasteiger partial charge in [0.05, 0.1) is 6.61 Å². The molecule has 0 aliphatic rings. The van der Waals surface area contributed by atoms with Crippen molar-refractivity contribution in [3.63, 3.8) is 0 Å². The highest BCUT2D eigenvalue weighted by Crippen LogP contribution is 2.13. The van der Waals surface area contributed by atoms with Gasteiger partial charge in [0.25, 0.3) is 5.91 Å². The molecule has 2 aromatic carbocycles. The maximum atomic E-state index is 12.1. The van der Waals surface area contributed by atoms with Crippen LogP contribution in [0.3, 0.4) is 0 Å². The van der Waals surface area contributed by atoms with Crippen molar-refractivity contribution in [2.24, 2.45) is 5.92 Å². The van der Waals surface area contributed by atoms with Crippen LogP contribution < -0.4 is 26.2 Å². The van der Waals surface area contributed by atoms with Crippen LogP contribution in [0.4, 0.5) is 4.79 Å². The molecule has 0 saturated heterocycles. The van der Waals surface area contributed by atoms with Crippen LogP contribution in [0, 0.1) is 5.92 Å². The maximum absolute atomic E-state index is 12.1. The number of hydrogen-bond donors (Lipinski definition) is 4. The van der Waals surface area contributed by atoms with E-state index in [2.05, 4.69) is 35.3 Å². The maximum Gasteiger partial charge on any atom is 0.315 e. The molecule has 0 radical (unpaired) electrons. The van der Waals surface area contributed by atoms with Crippen molar-refractivity contribution in [1.29, 1.82) is 0 Å². The number of urea groups is 1. The summed E-state index contributed by atoms with van der Waals surface area (Å²) in [7, 11) is 0. The van der Waals surface area contributed by atoms with Gasteiger partial charge < -0.3 is 15.4 Å². The Labute approximate surface area is 182 Å². The van der Waals surface area contributed by atoms with E-state index in [9.17, 15) is 14.4 Å². The predicted octanol–water partition coefficient (Wildman–Crippen LogP) is 2.76. The third-order valence-electron chi connectivity index (χ3n) is 4.33. The van der Waals surface area contributed by atoms with Gasteiger partial charge in [-0.05, 0) is 42.2 Å². The first-order chi connectivity index (χ1) is 14.9. The van der Waals surface area contributed by atoms with E-state index < -0.39 is 11.8 Å². The first-order valence-electron chi connectivity index (χ1n) is 10.3. The highest BCUT2D eigenvalue weighted by molar-refractivity contribution is 5.95. The molecular formula is C23H30N4O4. The van der Waals surface area contributed by atoms with E-state index in [0.717, 1.165) is 12.0 Å². The van der Waals surface area contributed by atoms with Gasteiger partial charge in [-0.1, -0.05) is 44.2 Å². The second-order valence-electron chi connectivity index (χ2n) is 7.40. The monoisotopic (exact) mass is 426 g/mol. The van der Waals surface area contributed by atoms with Gasteiger partial charge in [0.1, 0.15) is 5.75 Å². The number of benzene rings is 2. The minimum Gasteiger partial charge on any atom is -0.494 e. The lowest BCUT2D eigenvalue weighted by atomic mass is 10.1. The molecule has 8 heteroatoms. The molecule has 8 nitrogen and oxygen atoms in total. The van der Waals surface area contributed by atoms with Crippen LogP contribution in [-0.2, 0) is 11.3 Å². The van der Waals surface area contributed by atoms with E-state index in [-0.39, 0.29) is 19.0 Å². The number of rotatable bonds is 10. The van der Waals surface area contributed by atoms with Crippen LogP contribution in [0.5, 0.6) is 5.75 Å². The van der Waals surface area contributed by atoms with Gasteiger partial charge in [0, 0.05) is 25.1 Å². The van der Waals surface area contributed by atoms with Crippen LogP contribution in [0.2, 0.25) is 0 Å². The molecule has 0 spiro atoms. The van der Waals surface area contributed by atoms with Crippen LogP contribution in [-0.4, -0.2) is 31.0 Å². The lowest BCUT2D eigenvalue weighted by molar-refractivity contribution is -0.121. The number of nitrogens with one attached hydrogen (secondary N) is 4. The van der Waals surface area contributed by atoms with Gasteiger partial charge in [-0.2, -0.15) is 0 Å². The largest absolute Gasteiger partial charge is 0.494 e. The minimum atomic E-state index is -0.435. The summed E-state index contributed by atoms with van der Waals surface area (Å²) in [6.45, 7) is 5.42. The number of carbonyl (C=O) groups is 3. The zero-order valence-corrected chi connectivity index (χ0v) is 17.9. The Hall–Kier alpha value is -3.55. The van der Waals surface area contributed by atoms with Crippen molar-refractivity contribution in [3.05, 3.63) is 65.7 Å². The number of amides is 4. The second kappa shape index (κ2) is 12.9. The topological polar surface area (TPSA) is 109 Å². The van der Waals surface area contributed by atoms with Gasteiger partial charge in [-0.15, -0.1) is 0 Å². The summed E-state index contributed by atoms with van der Waals surface area (Å²) in [6.07, 6.45) is 0.986. The third-order valence-corrected chi connectivity index (χ3v) is 4.33. The quantitative estimate of drug-likeness (QED) is 0.438. The zero-order chi connectivity index (χ0) is 22.5. The number of ether oxygens (including phenoxy) is 1. The molecule has 0 heterocycles. The molecule has 2 aromatic rings. The van der Waals surface area contributed by atoms with Gasteiger partial charge in [0.2, 0.25) is 5.91 Å². The molecule has 2 rings (SSSR count). The fourth-order valence-electron chi connectivity index (χ4n) is 2.51. The Bertz CT molecular complexity index is 838. The number of hydrogen-bond acceptors (Lipinski definition) is 4. The highest BCUT2D eigenvalue weighted by Gasteiger charge is 2.08. The molecule has 31 heavy (non-hydrogen) atoms. The lowest BCUT2D eigenvalue weighted by Gasteiger charge is -2.10. The summed E-state index contributed by atoms with van der Waals surface area (Å²) < 4.78 is 5.61. The Balaban J connectivity index is 1.60. The van der Waals surface area contributed by atoms with Gasteiger partial charge in [-0.25, -0.2) is 4.79 Å². The van der Waals surface area contributed by atoms with Gasteiger partial charge >= 0.3 is 6.03 Å². The number of carbonyl (C=O) groups excluding carboxylic acids is 3. The van der Waals surface area contributed by atoms with E-state index in [1.807, 2.05) is 30.3 Å². The zero-order valence-electron chi connectivity index (χ0n) is 17.9. The first-order valence-corrected chi connectivity index (χ1v) is 10.3. The predicted molar refractivity (Wildman–Crippen MR) is 118 cm³/mol. The molecule has 166 valence electrons. The van der Waals surface area contributed by atoms with E-state index in [1.165, 1.54) is 0 Å². The normalized spacial score (nSPS) is 10.3. The van der Waals surface area contributed by atoms with Gasteiger partial charge in [0.15, 0.2) is 0 Å². The van der Waals surface area contributed by atoms with Crippen molar-refractivity contribution in [2.75, 3.05) is 13.2 Å². The fourth-order valence-corrected chi connectivity index (χ4v) is 2.51. The molecule has 0 aromatic heterocycles.